The summed E-state index contributed by atoms with van der Waals surface area (Å²) in [5.74, 6) is -3.16. The molecule has 3 heterocycles. The van der Waals surface area contributed by atoms with Crippen LogP contribution in [0.5, 0.6) is 0 Å². The van der Waals surface area contributed by atoms with Crippen LogP contribution in [0, 0.1) is 0 Å². The zero-order chi connectivity index (χ0) is 30.8. The molecular formula is C27H30ClN5O7S2. The molecule has 2 amide bonds. The number of nitrogen functional groups attached to an aromatic ring is 1. The highest BCUT2D eigenvalue weighted by Gasteiger charge is 2.54. The molecule has 5 N–H and O–H groups in total. The van der Waals surface area contributed by atoms with Crippen LogP contribution in [0.4, 0.5) is 5.13 Å². The molecule has 2 aromatic rings. The second kappa shape index (κ2) is 12.7. The van der Waals surface area contributed by atoms with Crippen LogP contribution in [0.15, 0.2) is 46.1 Å². The summed E-state index contributed by atoms with van der Waals surface area (Å²) in [4.78, 5) is 60.7. The lowest BCUT2D eigenvalue weighted by Gasteiger charge is -2.49. The van der Waals surface area contributed by atoms with Gasteiger partial charge in [-0.2, -0.15) is 0 Å². The number of aliphatic carboxylic acids is 2. The van der Waals surface area contributed by atoms with Crippen LogP contribution >= 0.6 is 34.7 Å². The maximum atomic E-state index is 13.3. The molecule has 1 saturated heterocycles. The van der Waals surface area contributed by atoms with Crippen LogP contribution < -0.4 is 11.1 Å². The molecule has 224 valence electrons. The standard InChI is InChI=1S/C27H30ClN5O7S2/c1-4-14(15-7-5-13(10-28)6-8-15)9-16-11-41-23-19(22(35)33(23)20(16)24(36)37)31-21(34)18(17-12-42-26(29)30-17)32-40-27(2,3)25(38)39/h5-8,12,14,19,23H,4,9-11H2,1-3H3,(H2,29,30)(H,31,34)(H,36,37)(H,38,39)/b32-18-. The highest BCUT2D eigenvalue weighted by atomic mass is 35.5. The fourth-order valence-electron chi connectivity index (χ4n) is 4.52. The monoisotopic (exact) mass is 635 g/mol. The van der Waals surface area contributed by atoms with E-state index in [1.807, 2.05) is 31.2 Å². The second-order valence-electron chi connectivity index (χ2n) is 10.2. The molecule has 12 nitrogen and oxygen atoms in total. The summed E-state index contributed by atoms with van der Waals surface area (Å²) in [5.41, 5.74) is 6.22. The largest absolute Gasteiger partial charge is 0.478 e. The van der Waals surface area contributed by atoms with Gasteiger partial charge in [-0.3, -0.25) is 14.5 Å². The van der Waals surface area contributed by atoms with Crippen molar-refractivity contribution in [3.05, 3.63) is 57.7 Å². The van der Waals surface area contributed by atoms with Crippen molar-refractivity contribution in [1.29, 1.82) is 0 Å². The van der Waals surface area contributed by atoms with Gasteiger partial charge in [-0.05, 0) is 49.3 Å². The Morgan fingerprint density at radius 3 is 2.52 bits per heavy atom. The molecule has 0 spiro atoms. The number of oxime groups is 1. The molecular weight excluding hydrogens is 606 g/mol. The average Bonchev–Trinajstić information content (AvgIpc) is 3.39. The van der Waals surface area contributed by atoms with E-state index in [9.17, 15) is 29.4 Å². The lowest BCUT2D eigenvalue weighted by atomic mass is 9.88. The lowest BCUT2D eigenvalue weighted by molar-refractivity contribution is -0.161. The summed E-state index contributed by atoms with van der Waals surface area (Å²) in [6.45, 7) is 4.53. The molecule has 3 atom stereocenters. The molecule has 4 rings (SSSR count). The van der Waals surface area contributed by atoms with Gasteiger partial charge >= 0.3 is 11.9 Å². The summed E-state index contributed by atoms with van der Waals surface area (Å²) < 4.78 is 0. The number of hydrogen-bond donors (Lipinski definition) is 4. The molecule has 1 aromatic heterocycles. The Morgan fingerprint density at radius 2 is 1.98 bits per heavy atom. The van der Waals surface area contributed by atoms with Gasteiger partial charge < -0.3 is 26.1 Å². The molecule has 0 bridgehead atoms. The third-order valence-corrected chi connectivity index (χ3v) is 9.31. The number of alkyl halides is 1. The second-order valence-corrected chi connectivity index (χ2v) is 12.5. The summed E-state index contributed by atoms with van der Waals surface area (Å²) in [7, 11) is 0. The maximum Gasteiger partial charge on any atom is 0.352 e. The fraction of sp³-hybridized carbons (Fsp3) is 0.407. The molecule has 3 unspecified atom stereocenters. The number of anilines is 1. The van der Waals surface area contributed by atoms with Crippen molar-refractivity contribution < 1.29 is 34.2 Å². The van der Waals surface area contributed by atoms with Crippen LogP contribution in [0.2, 0.25) is 0 Å². The summed E-state index contributed by atoms with van der Waals surface area (Å²) in [6, 6.07) is 6.82. The first kappa shape index (κ1) is 31.3. The summed E-state index contributed by atoms with van der Waals surface area (Å²) >= 11 is 8.30. The Morgan fingerprint density at radius 1 is 1.29 bits per heavy atom. The third kappa shape index (κ3) is 6.40. The number of thiazole rings is 1. The summed E-state index contributed by atoms with van der Waals surface area (Å²) in [5, 5.41) is 26.7. The number of hydrogen-bond acceptors (Lipinski definition) is 10. The van der Waals surface area contributed by atoms with Crippen molar-refractivity contribution in [3.63, 3.8) is 0 Å². The van der Waals surface area contributed by atoms with Gasteiger partial charge in [0.1, 0.15) is 22.8 Å². The predicted octanol–water partition coefficient (Wildman–Crippen LogP) is 3.37. The van der Waals surface area contributed by atoms with Crippen LogP contribution in [0.3, 0.4) is 0 Å². The van der Waals surface area contributed by atoms with Gasteiger partial charge in [0.2, 0.25) is 5.60 Å². The molecule has 0 aliphatic carbocycles. The average molecular weight is 636 g/mol. The smallest absolute Gasteiger partial charge is 0.352 e. The van der Waals surface area contributed by atoms with E-state index in [0.717, 1.165) is 28.9 Å². The first-order chi connectivity index (χ1) is 19.9. The van der Waals surface area contributed by atoms with Gasteiger partial charge in [-0.15, -0.1) is 34.7 Å². The summed E-state index contributed by atoms with van der Waals surface area (Å²) in [6.07, 6.45) is 1.22. The number of nitrogens with two attached hydrogens (primary N) is 1. The predicted molar refractivity (Wildman–Crippen MR) is 159 cm³/mol. The number of carboxylic acid groups (broad SMARTS) is 2. The van der Waals surface area contributed by atoms with E-state index >= 15 is 0 Å². The normalized spacial score (nSPS) is 19.6. The van der Waals surface area contributed by atoms with E-state index in [1.54, 1.807) is 0 Å². The minimum Gasteiger partial charge on any atom is -0.478 e. The SMILES string of the molecule is CCC(CC1=C(C(=O)O)N2C(=O)C(NC(=O)/C(=N\OC(C)(C)C(=O)O)c3csc(N)n3)C2SC1)c1ccc(CCl)cc1. The van der Waals surface area contributed by atoms with Crippen LogP contribution in [0.25, 0.3) is 0 Å². The molecule has 1 aromatic carbocycles. The Balaban J connectivity index is 1.54. The Bertz CT molecular complexity index is 1460. The molecule has 2 aliphatic heterocycles. The first-order valence-electron chi connectivity index (χ1n) is 12.9. The van der Waals surface area contributed by atoms with E-state index in [-0.39, 0.29) is 28.2 Å². The fourth-order valence-corrected chi connectivity index (χ4v) is 6.61. The number of nitrogens with zero attached hydrogens (tertiary/aromatic N) is 3. The molecule has 15 heteroatoms. The van der Waals surface area contributed by atoms with Crippen LogP contribution in [-0.4, -0.2) is 72.3 Å². The van der Waals surface area contributed by atoms with Gasteiger partial charge in [-0.1, -0.05) is 36.3 Å². The van der Waals surface area contributed by atoms with Crippen molar-refractivity contribution in [3.8, 4) is 0 Å². The highest BCUT2D eigenvalue weighted by molar-refractivity contribution is 8.00. The topological polar surface area (TPSA) is 185 Å². The Labute approximate surface area is 254 Å². The molecule has 1 fully saturated rings. The minimum atomic E-state index is -1.75. The van der Waals surface area contributed by atoms with Gasteiger partial charge in [0.25, 0.3) is 11.8 Å². The van der Waals surface area contributed by atoms with Crippen molar-refractivity contribution in [2.24, 2.45) is 5.16 Å². The van der Waals surface area contributed by atoms with Gasteiger partial charge in [-0.25, -0.2) is 14.6 Å². The van der Waals surface area contributed by atoms with E-state index < -0.39 is 40.8 Å². The van der Waals surface area contributed by atoms with Crippen LogP contribution in [0.1, 0.15) is 56.4 Å². The van der Waals surface area contributed by atoms with Crippen molar-refractivity contribution >= 4 is 69.3 Å². The number of β-lactam (4-membered cyclic amide) rings is 1. The number of fused-ring (bicyclic) bond motifs is 1. The van der Waals surface area contributed by atoms with E-state index in [1.165, 1.54) is 35.9 Å². The van der Waals surface area contributed by atoms with Gasteiger partial charge in [0.05, 0.1) is 0 Å². The number of carbonyl (C=O) groups is 4. The number of carboxylic acids is 2. The number of thioether (sulfide) groups is 1. The van der Waals surface area contributed by atoms with Gasteiger partial charge in [0.15, 0.2) is 10.8 Å². The van der Waals surface area contributed by atoms with Crippen LogP contribution in [-0.2, 0) is 29.9 Å². The number of aromatic nitrogens is 1. The van der Waals surface area contributed by atoms with E-state index in [2.05, 4.69) is 15.5 Å². The Kier molecular flexibility index (Phi) is 9.48. The molecule has 42 heavy (non-hydrogen) atoms. The number of halogens is 1. The number of benzene rings is 1. The van der Waals surface area contributed by atoms with Crippen molar-refractivity contribution in [2.45, 2.75) is 62.4 Å². The van der Waals surface area contributed by atoms with Crippen molar-refractivity contribution in [2.75, 3.05) is 11.5 Å². The first-order valence-corrected chi connectivity index (χ1v) is 15.4. The maximum absolute atomic E-state index is 13.3. The molecule has 0 radical (unpaired) electrons. The number of amides is 2. The van der Waals surface area contributed by atoms with Gasteiger partial charge in [0, 0.05) is 17.0 Å². The lowest BCUT2D eigenvalue weighted by Crippen LogP contribution is -2.71. The highest BCUT2D eigenvalue weighted by Crippen LogP contribution is 2.43. The number of nitrogens with one attached hydrogen (secondary N) is 1. The Hall–Kier alpha value is -3.62. The third-order valence-electron chi connectivity index (χ3n) is 6.99. The zero-order valence-corrected chi connectivity index (χ0v) is 25.4. The number of rotatable bonds is 12. The quantitative estimate of drug-likeness (QED) is 0.117. The molecule has 2 aliphatic rings. The van der Waals surface area contributed by atoms with E-state index in [4.69, 9.17) is 22.2 Å². The number of carbonyl (C=O) groups excluding carboxylic acids is 2. The van der Waals surface area contributed by atoms with Crippen molar-refractivity contribution in [1.82, 2.24) is 15.2 Å². The van der Waals surface area contributed by atoms with E-state index in [0.29, 0.717) is 23.6 Å². The zero-order valence-electron chi connectivity index (χ0n) is 23.0. The molecule has 0 saturated carbocycles. The minimum absolute atomic E-state index is 0.0363.